The van der Waals surface area contributed by atoms with Gasteiger partial charge >= 0.3 is 0 Å². The molecule has 0 aromatic heterocycles. The molecule has 1 heterocycles. The lowest BCUT2D eigenvalue weighted by molar-refractivity contribution is 0.0175. The molecule has 0 radical (unpaired) electrons. The Morgan fingerprint density at radius 2 is 1.90 bits per heavy atom. The quantitative estimate of drug-likeness (QED) is 0.845. The van der Waals surface area contributed by atoms with Gasteiger partial charge < -0.3 is 10.6 Å². The van der Waals surface area contributed by atoms with Gasteiger partial charge in [0.05, 0.1) is 0 Å². The van der Waals surface area contributed by atoms with Gasteiger partial charge in [0.25, 0.3) is 5.92 Å². The topological polar surface area (TPSA) is 29.3 Å². The highest BCUT2D eigenvalue weighted by atomic mass is 19.3. The number of halogens is 2. The molecule has 110 valence electrons. The second-order valence-corrected chi connectivity index (χ2v) is 5.85. The molecule has 1 saturated heterocycles. The molecule has 0 atom stereocenters. The highest BCUT2D eigenvalue weighted by Gasteiger charge is 2.26. The Balaban J connectivity index is 2.24. The fourth-order valence-corrected chi connectivity index (χ4v) is 2.53. The van der Waals surface area contributed by atoms with Gasteiger partial charge in [-0.1, -0.05) is 13.5 Å². The molecular weight excluding hydrogens is 258 g/mol. The molecule has 0 amide bonds. The first-order valence-corrected chi connectivity index (χ1v) is 7.00. The van der Waals surface area contributed by atoms with Crippen LogP contribution in [0.15, 0.2) is 24.8 Å². The first-order chi connectivity index (χ1) is 9.27. The van der Waals surface area contributed by atoms with Crippen LogP contribution in [-0.4, -0.2) is 18.0 Å². The van der Waals surface area contributed by atoms with Crippen molar-refractivity contribution in [3.63, 3.8) is 0 Å². The number of hydrogen-bond donors (Lipinski definition) is 1. The van der Waals surface area contributed by atoms with Crippen molar-refractivity contribution in [2.75, 3.05) is 18.8 Å². The van der Waals surface area contributed by atoms with Gasteiger partial charge in [-0.3, -0.25) is 0 Å². The van der Waals surface area contributed by atoms with Gasteiger partial charge in [-0.15, -0.1) is 0 Å². The van der Waals surface area contributed by atoms with Crippen molar-refractivity contribution in [2.24, 2.45) is 5.92 Å². The molecule has 1 aliphatic rings. The summed E-state index contributed by atoms with van der Waals surface area (Å²) in [4.78, 5) is 2.16. The molecule has 0 spiro atoms. The summed E-state index contributed by atoms with van der Waals surface area (Å²) in [5.74, 6) is -2.17. The zero-order valence-electron chi connectivity index (χ0n) is 12.1. The highest BCUT2D eigenvalue weighted by molar-refractivity contribution is 5.66. The maximum atomic E-state index is 13.5. The largest absolute Gasteiger partial charge is 0.399 e. The number of likely N-dealkylation sites (tertiary alicyclic amines) is 1. The van der Waals surface area contributed by atoms with E-state index in [9.17, 15) is 8.78 Å². The lowest BCUT2D eigenvalue weighted by Gasteiger charge is -2.33. The summed E-state index contributed by atoms with van der Waals surface area (Å²) in [7, 11) is 0. The first-order valence-electron chi connectivity index (χ1n) is 7.00. The molecule has 2 rings (SSSR count). The third-order valence-corrected chi connectivity index (χ3v) is 3.96. The smallest absolute Gasteiger partial charge is 0.270 e. The Morgan fingerprint density at radius 1 is 1.30 bits per heavy atom. The molecule has 4 heteroatoms. The number of piperidine rings is 1. The number of alkyl halides is 2. The zero-order valence-corrected chi connectivity index (χ0v) is 12.1. The average Bonchev–Trinajstić information content (AvgIpc) is 2.37. The summed E-state index contributed by atoms with van der Waals surface area (Å²) in [5, 5.41) is 0. The molecule has 20 heavy (non-hydrogen) atoms. The molecular formula is C16H22F2N2. The molecule has 1 aromatic rings. The molecule has 0 saturated carbocycles. The van der Waals surface area contributed by atoms with Crippen LogP contribution in [0.3, 0.4) is 0 Å². The van der Waals surface area contributed by atoms with E-state index in [0.29, 0.717) is 11.3 Å². The van der Waals surface area contributed by atoms with E-state index in [2.05, 4.69) is 18.4 Å². The normalized spacial score (nSPS) is 17.3. The molecule has 2 N–H and O–H groups in total. The monoisotopic (exact) mass is 280 g/mol. The highest BCUT2D eigenvalue weighted by Crippen LogP contribution is 2.32. The summed E-state index contributed by atoms with van der Waals surface area (Å²) in [6.45, 7) is 9.03. The van der Waals surface area contributed by atoms with Crippen LogP contribution in [0.2, 0.25) is 0 Å². The number of nitrogen functional groups attached to an aromatic ring is 1. The molecule has 1 fully saturated rings. The maximum absolute atomic E-state index is 13.5. The van der Waals surface area contributed by atoms with Crippen LogP contribution >= 0.6 is 0 Å². The van der Waals surface area contributed by atoms with Crippen LogP contribution < -0.4 is 5.73 Å². The number of rotatable bonds is 3. The second kappa shape index (κ2) is 5.43. The van der Waals surface area contributed by atoms with E-state index in [1.165, 1.54) is 12.1 Å². The standard InChI is InChI=1S/C16H22F2N2/c1-11-4-6-20(7-5-11)12(2)13-8-14(16(3,17)18)10-15(19)9-13/h8-11H,2,4-7,19H2,1,3H3. The van der Waals surface area contributed by atoms with Gasteiger partial charge in [-0.05, 0) is 42.5 Å². The van der Waals surface area contributed by atoms with Crippen LogP contribution in [0.25, 0.3) is 5.70 Å². The number of anilines is 1. The molecule has 2 nitrogen and oxygen atoms in total. The zero-order chi connectivity index (χ0) is 14.9. The number of benzene rings is 1. The SMILES string of the molecule is C=C(c1cc(N)cc(C(C)(F)F)c1)N1CCC(C)CC1. The molecule has 0 unspecified atom stereocenters. The lowest BCUT2D eigenvalue weighted by Crippen LogP contribution is -2.31. The summed E-state index contributed by atoms with van der Waals surface area (Å²) in [6, 6.07) is 4.54. The minimum absolute atomic E-state index is 0.0565. The summed E-state index contributed by atoms with van der Waals surface area (Å²) >= 11 is 0. The number of nitrogens with two attached hydrogens (primary N) is 1. The van der Waals surface area contributed by atoms with Gasteiger partial charge in [-0.2, -0.15) is 0 Å². The van der Waals surface area contributed by atoms with Crippen molar-refractivity contribution in [3.05, 3.63) is 35.9 Å². The van der Waals surface area contributed by atoms with E-state index >= 15 is 0 Å². The van der Waals surface area contributed by atoms with E-state index in [0.717, 1.165) is 44.5 Å². The van der Waals surface area contributed by atoms with E-state index in [1.54, 1.807) is 6.07 Å². The fourth-order valence-electron chi connectivity index (χ4n) is 2.53. The average molecular weight is 280 g/mol. The molecule has 0 bridgehead atoms. The Bertz CT molecular complexity index is 498. The first kappa shape index (κ1) is 14.8. The minimum Gasteiger partial charge on any atom is -0.399 e. The van der Waals surface area contributed by atoms with Crippen molar-refractivity contribution >= 4 is 11.4 Å². The van der Waals surface area contributed by atoms with Gasteiger partial charge in [0.2, 0.25) is 0 Å². The van der Waals surface area contributed by atoms with Crippen LogP contribution in [0.1, 0.15) is 37.8 Å². The van der Waals surface area contributed by atoms with Crippen molar-refractivity contribution < 1.29 is 8.78 Å². The van der Waals surface area contributed by atoms with E-state index in [4.69, 9.17) is 5.73 Å². The maximum Gasteiger partial charge on any atom is 0.270 e. The predicted molar refractivity (Wildman–Crippen MR) is 79.4 cm³/mol. The molecule has 0 aliphatic carbocycles. The van der Waals surface area contributed by atoms with Crippen molar-refractivity contribution in [2.45, 2.75) is 32.6 Å². The number of nitrogens with zero attached hydrogens (tertiary/aromatic N) is 1. The minimum atomic E-state index is -2.89. The van der Waals surface area contributed by atoms with Gasteiger partial charge in [0.15, 0.2) is 0 Å². The Labute approximate surface area is 119 Å². The Hall–Kier alpha value is -1.58. The summed E-state index contributed by atoms with van der Waals surface area (Å²) < 4.78 is 26.9. The van der Waals surface area contributed by atoms with Crippen LogP contribution in [0.5, 0.6) is 0 Å². The Morgan fingerprint density at radius 3 is 2.45 bits per heavy atom. The van der Waals surface area contributed by atoms with E-state index in [1.807, 2.05) is 0 Å². The fraction of sp³-hybridized carbons (Fsp3) is 0.500. The van der Waals surface area contributed by atoms with Gasteiger partial charge in [0, 0.05) is 37.0 Å². The summed E-state index contributed by atoms with van der Waals surface area (Å²) in [5.41, 5.74) is 7.53. The number of hydrogen-bond acceptors (Lipinski definition) is 2. The predicted octanol–water partition coefficient (Wildman–Crippen LogP) is 4.08. The molecule has 1 aliphatic heterocycles. The Kier molecular flexibility index (Phi) is 4.02. The van der Waals surface area contributed by atoms with Gasteiger partial charge in [0.1, 0.15) is 0 Å². The van der Waals surface area contributed by atoms with E-state index in [-0.39, 0.29) is 5.56 Å². The molecule has 1 aromatic carbocycles. The van der Waals surface area contributed by atoms with Crippen molar-refractivity contribution in [1.82, 2.24) is 4.90 Å². The van der Waals surface area contributed by atoms with Crippen LogP contribution in [0, 0.1) is 5.92 Å². The van der Waals surface area contributed by atoms with E-state index < -0.39 is 5.92 Å². The third kappa shape index (κ3) is 3.30. The summed E-state index contributed by atoms with van der Waals surface area (Å²) in [6.07, 6.45) is 2.22. The second-order valence-electron chi connectivity index (χ2n) is 5.85. The van der Waals surface area contributed by atoms with Crippen molar-refractivity contribution in [3.8, 4) is 0 Å². The van der Waals surface area contributed by atoms with Crippen molar-refractivity contribution in [1.29, 1.82) is 0 Å². The van der Waals surface area contributed by atoms with Crippen LogP contribution in [-0.2, 0) is 5.92 Å². The van der Waals surface area contributed by atoms with Gasteiger partial charge in [-0.25, -0.2) is 8.78 Å². The third-order valence-electron chi connectivity index (χ3n) is 3.96. The lowest BCUT2D eigenvalue weighted by atomic mass is 9.97. The van der Waals surface area contributed by atoms with Crippen LogP contribution in [0.4, 0.5) is 14.5 Å².